The van der Waals surface area contributed by atoms with Crippen molar-refractivity contribution in [2.75, 3.05) is 13.6 Å². The summed E-state index contributed by atoms with van der Waals surface area (Å²) in [5.74, 6) is -0.602. The molecule has 1 aliphatic rings. The second-order valence-corrected chi connectivity index (χ2v) is 7.41. The number of hydrogen-bond donors (Lipinski definition) is 1. The summed E-state index contributed by atoms with van der Waals surface area (Å²) in [5, 5.41) is 3.92. The molecule has 7 nitrogen and oxygen atoms in total. The summed E-state index contributed by atoms with van der Waals surface area (Å²) in [6.45, 7) is 0.501. The van der Waals surface area contributed by atoms with E-state index in [2.05, 4.69) is 9.82 Å². The van der Waals surface area contributed by atoms with Crippen molar-refractivity contribution >= 4 is 15.9 Å². The highest BCUT2D eigenvalue weighted by molar-refractivity contribution is 7.89. The van der Waals surface area contributed by atoms with Crippen molar-refractivity contribution in [3.8, 4) is 5.69 Å². The van der Waals surface area contributed by atoms with Crippen LogP contribution in [0.25, 0.3) is 5.69 Å². The highest BCUT2D eigenvalue weighted by Crippen LogP contribution is 2.17. The number of likely N-dealkylation sites (tertiary alicyclic amines) is 1. The molecule has 1 unspecified atom stereocenters. The summed E-state index contributed by atoms with van der Waals surface area (Å²) in [4.78, 5) is 13.2. The Hall–Kier alpha value is -2.26. The number of benzene rings is 1. The molecule has 0 spiro atoms. The zero-order chi connectivity index (χ0) is 17.3. The number of halogens is 1. The molecule has 128 valence electrons. The highest BCUT2D eigenvalue weighted by Gasteiger charge is 2.28. The standard InChI is InChI=1S/C15H17FN4O3S/c1-19-7-6-11(8-15(19)21)18-24(22,23)12-9-17-20(10-12)14-5-3-2-4-13(14)16/h2-5,9-11,18H,6-8H2,1H3. The van der Waals surface area contributed by atoms with Gasteiger partial charge in [-0.05, 0) is 18.6 Å². The lowest BCUT2D eigenvalue weighted by Crippen LogP contribution is -2.46. The molecular formula is C15H17FN4O3S. The molecule has 1 N–H and O–H groups in total. The van der Waals surface area contributed by atoms with E-state index in [4.69, 9.17) is 0 Å². The topological polar surface area (TPSA) is 84.3 Å². The van der Waals surface area contributed by atoms with Gasteiger partial charge >= 0.3 is 0 Å². The van der Waals surface area contributed by atoms with E-state index in [1.54, 1.807) is 24.1 Å². The lowest BCUT2D eigenvalue weighted by molar-refractivity contribution is -0.132. The highest BCUT2D eigenvalue weighted by atomic mass is 32.2. The Morgan fingerprint density at radius 1 is 1.33 bits per heavy atom. The number of rotatable bonds is 4. The number of sulfonamides is 1. The average molecular weight is 352 g/mol. The van der Waals surface area contributed by atoms with Gasteiger partial charge in [0, 0.05) is 26.1 Å². The smallest absolute Gasteiger partial charge is 0.243 e. The Balaban J connectivity index is 1.79. The first-order chi connectivity index (χ1) is 11.4. The summed E-state index contributed by atoms with van der Waals surface area (Å²) in [6.07, 6.45) is 3.07. The quantitative estimate of drug-likeness (QED) is 0.886. The van der Waals surface area contributed by atoms with Crippen LogP contribution in [0.15, 0.2) is 41.6 Å². The van der Waals surface area contributed by atoms with Crippen molar-refractivity contribution in [1.82, 2.24) is 19.4 Å². The van der Waals surface area contributed by atoms with Crippen molar-refractivity contribution in [1.29, 1.82) is 0 Å². The molecule has 2 heterocycles. The zero-order valence-corrected chi connectivity index (χ0v) is 13.8. The average Bonchev–Trinajstić information content (AvgIpc) is 3.02. The third-order valence-corrected chi connectivity index (χ3v) is 5.43. The lowest BCUT2D eigenvalue weighted by Gasteiger charge is -2.28. The lowest BCUT2D eigenvalue weighted by atomic mass is 10.1. The van der Waals surface area contributed by atoms with E-state index in [1.165, 1.54) is 23.0 Å². The molecule has 2 aromatic rings. The van der Waals surface area contributed by atoms with Gasteiger partial charge in [0.05, 0.1) is 12.4 Å². The molecule has 1 atom stereocenters. The van der Waals surface area contributed by atoms with Crippen molar-refractivity contribution < 1.29 is 17.6 Å². The SMILES string of the molecule is CN1CCC(NS(=O)(=O)c2cnn(-c3ccccc3F)c2)CC1=O. The van der Waals surface area contributed by atoms with Gasteiger partial charge in [0.25, 0.3) is 0 Å². The first-order valence-corrected chi connectivity index (χ1v) is 8.91. The van der Waals surface area contributed by atoms with E-state index in [1.807, 2.05) is 0 Å². The first-order valence-electron chi connectivity index (χ1n) is 7.43. The summed E-state index contributed by atoms with van der Waals surface area (Å²) in [7, 11) is -2.14. The van der Waals surface area contributed by atoms with Crippen LogP contribution in [0.1, 0.15) is 12.8 Å². The number of amides is 1. The van der Waals surface area contributed by atoms with E-state index < -0.39 is 21.9 Å². The van der Waals surface area contributed by atoms with Crippen LogP contribution in [-0.2, 0) is 14.8 Å². The largest absolute Gasteiger partial charge is 0.346 e. The molecule has 0 bridgehead atoms. The summed E-state index contributed by atoms with van der Waals surface area (Å²) >= 11 is 0. The Bertz CT molecular complexity index is 865. The Morgan fingerprint density at radius 2 is 2.08 bits per heavy atom. The molecule has 1 aromatic carbocycles. The number of nitrogens with one attached hydrogen (secondary N) is 1. The Kier molecular flexibility index (Phi) is 4.37. The monoisotopic (exact) mass is 352 g/mol. The minimum Gasteiger partial charge on any atom is -0.346 e. The molecule has 1 aromatic heterocycles. The number of carbonyl (C=O) groups excluding carboxylic acids is 1. The number of aromatic nitrogens is 2. The van der Waals surface area contributed by atoms with Crippen LogP contribution in [-0.4, -0.2) is 48.6 Å². The van der Waals surface area contributed by atoms with Crippen molar-refractivity contribution in [3.63, 3.8) is 0 Å². The van der Waals surface area contributed by atoms with Gasteiger partial charge in [-0.2, -0.15) is 5.10 Å². The molecule has 1 aliphatic heterocycles. The van der Waals surface area contributed by atoms with Crippen LogP contribution in [0.5, 0.6) is 0 Å². The van der Waals surface area contributed by atoms with Gasteiger partial charge in [0.1, 0.15) is 16.4 Å². The zero-order valence-electron chi connectivity index (χ0n) is 13.0. The Morgan fingerprint density at radius 3 is 2.79 bits per heavy atom. The number of hydrogen-bond acceptors (Lipinski definition) is 4. The fourth-order valence-electron chi connectivity index (χ4n) is 2.55. The molecule has 3 rings (SSSR count). The van der Waals surface area contributed by atoms with Gasteiger partial charge in [0.15, 0.2) is 0 Å². The molecule has 1 fully saturated rings. The van der Waals surface area contributed by atoms with Crippen molar-refractivity contribution in [2.24, 2.45) is 0 Å². The number of para-hydroxylation sites is 1. The van der Waals surface area contributed by atoms with E-state index in [-0.39, 0.29) is 22.9 Å². The molecule has 9 heteroatoms. The Labute approximate surface area is 139 Å². The summed E-state index contributed by atoms with van der Waals surface area (Å²) in [6, 6.07) is 5.50. The number of nitrogens with zero attached hydrogens (tertiary/aromatic N) is 3. The summed E-state index contributed by atoms with van der Waals surface area (Å²) in [5.41, 5.74) is 0.161. The predicted molar refractivity (Wildman–Crippen MR) is 84.5 cm³/mol. The van der Waals surface area contributed by atoms with Crippen LogP contribution in [0.3, 0.4) is 0 Å². The summed E-state index contributed by atoms with van der Waals surface area (Å²) < 4.78 is 42.3. The van der Waals surface area contributed by atoms with Gasteiger partial charge in [-0.1, -0.05) is 12.1 Å². The molecule has 24 heavy (non-hydrogen) atoms. The van der Waals surface area contributed by atoms with Gasteiger partial charge in [-0.3, -0.25) is 4.79 Å². The minimum atomic E-state index is -3.83. The van der Waals surface area contributed by atoms with E-state index in [9.17, 15) is 17.6 Å². The molecule has 1 saturated heterocycles. The normalized spacial score (nSPS) is 18.8. The van der Waals surface area contributed by atoms with E-state index in [0.717, 1.165) is 6.20 Å². The molecule has 0 saturated carbocycles. The maximum atomic E-state index is 13.8. The van der Waals surface area contributed by atoms with Crippen LogP contribution in [0.2, 0.25) is 0 Å². The predicted octanol–water partition coefficient (Wildman–Crippen LogP) is 0.911. The molecule has 0 radical (unpaired) electrons. The van der Waals surface area contributed by atoms with E-state index in [0.29, 0.717) is 13.0 Å². The van der Waals surface area contributed by atoms with Crippen LogP contribution in [0, 0.1) is 5.82 Å². The fraction of sp³-hybridized carbons (Fsp3) is 0.333. The van der Waals surface area contributed by atoms with Gasteiger partial charge in [0.2, 0.25) is 15.9 Å². The van der Waals surface area contributed by atoms with Gasteiger partial charge < -0.3 is 4.90 Å². The van der Waals surface area contributed by atoms with Crippen LogP contribution < -0.4 is 4.72 Å². The number of carbonyl (C=O) groups is 1. The van der Waals surface area contributed by atoms with Gasteiger partial charge in [-0.15, -0.1) is 0 Å². The second-order valence-electron chi connectivity index (χ2n) is 5.70. The third kappa shape index (κ3) is 3.31. The second kappa shape index (κ2) is 6.33. The maximum Gasteiger partial charge on any atom is 0.243 e. The van der Waals surface area contributed by atoms with Crippen molar-refractivity contribution in [2.45, 2.75) is 23.8 Å². The number of piperidine rings is 1. The van der Waals surface area contributed by atoms with Gasteiger partial charge in [-0.25, -0.2) is 22.2 Å². The molecular weight excluding hydrogens is 335 g/mol. The fourth-order valence-corrected chi connectivity index (χ4v) is 3.75. The maximum absolute atomic E-state index is 13.8. The third-order valence-electron chi connectivity index (χ3n) is 3.95. The van der Waals surface area contributed by atoms with Crippen LogP contribution >= 0.6 is 0 Å². The molecule has 1 amide bonds. The van der Waals surface area contributed by atoms with Crippen LogP contribution in [0.4, 0.5) is 4.39 Å². The van der Waals surface area contributed by atoms with E-state index >= 15 is 0 Å². The first kappa shape index (κ1) is 16.6. The minimum absolute atomic E-state index is 0.0721. The molecule has 0 aliphatic carbocycles. The van der Waals surface area contributed by atoms with Crippen molar-refractivity contribution in [3.05, 3.63) is 42.5 Å².